The Morgan fingerprint density at radius 3 is 2.67 bits per heavy atom. The Kier molecular flexibility index (Phi) is 7.22. The zero-order chi connectivity index (χ0) is 21.5. The highest BCUT2D eigenvalue weighted by Gasteiger charge is 2.14. The van der Waals surface area contributed by atoms with Gasteiger partial charge in [0.25, 0.3) is 0 Å². The molecular weight excluding hydrogens is 376 g/mol. The summed E-state index contributed by atoms with van der Waals surface area (Å²) in [6.45, 7) is 6.79. The first-order valence-corrected chi connectivity index (χ1v) is 10.6. The van der Waals surface area contributed by atoms with Crippen LogP contribution in [0.2, 0.25) is 0 Å². The van der Waals surface area contributed by atoms with Gasteiger partial charge in [0.05, 0.1) is 11.0 Å². The second-order valence-corrected chi connectivity index (χ2v) is 7.67. The summed E-state index contributed by atoms with van der Waals surface area (Å²) in [4.78, 5) is 29.2. The molecule has 0 aliphatic rings. The van der Waals surface area contributed by atoms with Gasteiger partial charge in [-0.15, -0.1) is 0 Å². The van der Waals surface area contributed by atoms with E-state index in [1.165, 1.54) is 0 Å². The number of amides is 2. The van der Waals surface area contributed by atoms with Crippen LogP contribution in [0.5, 0.6) is 0 Å². The fourth-order valence-electron chi connectivity index (χ4n) is 3.49. The second kappa shape index (κ2) is 10.1. The lowest BCUT2D eigenvalue weighted by Crippen LogP contribution is -2.25. The smallest absolute Gasteiger partial charge is 0.244 e. The van der Waals surface area contributed by atoms with Crippen LogP contribution in [-0.4, -0.2) is 27.9 Å². The molecule has 0 fully saturated rings. The van der Waals surface area contributed by atoms with E-state index in [1.807, 2.05) is 67.8 Å². The number of aromatic nitrogens is 2. The molecule has 0 radical (unpaired) electrons. The number of hydrogen-bond acceptors (Lipinski definition) is 3. The van der Waals surface area contributed by atoms with Gasteiger partial charge >= 0.3 is 0 Å². The van der Waals surface area contributed by atoms with Crippen molar-refractivity contribution in [2.24, 2.45) is 0 Å². The third-order valence-electron chi connectivity index (χ3n) is 5.08. The number of fused-ring (bicyclic) bond motifs is 1. The van der Waals surface area contributed by atoms with E-state index in [0.29, 0.717) is 19.4 Å². The lowest BCUT2D eigenvalue weighted by atomic mass is 10.1. The van der Waals surface area contributed by atoms with Gasteiger partial charge in [-0.25, -0.2) is 4.98 Å². The number of carbonyl (C=O) groups is 2. The summed E-state index contributed by atoms with van der Waals surface area (Å²) in [5, 5.41) is 5.97. The van der Waals surface area contributed by atoms with Gasteiger partial charge < -0.3 is 15.2 Å². The van der Waals surface area contributed by atoms with Crippen molar-refractivity contribution in [1.82, 2.24) is 14.9 Å². The second-order valence-electron chi connectivity index (χ2n) is 7.67. The maximum absolute atomic E-state index is 12.8. The van der Waals surface area contributed by atoms with Gasteiger partial charge in [-0.1, -0.05) is 31.2 Å². The van der Waals surface area contributed by atoms with E-state index < -0.39 is 0 Å². The highest BCUT2D eigenvalue weighted by Crippen LogP contribution is 2.19. The summed E-state index contributed by atoms with van der Waals surface area (Å²) >= 11 is 0. The summed E-state index contributed by atoms with van der Waals surface area (Å²) < 4.78 is 1.98. The van der Waals surface area contributed by atoms with Gasteiger partial charge in [-0.05, 0) is 56.0 Å². The van der Waals surface area contributed by atoms with E-state index in [0.717, 1.165) is 46.5 Å². The Morgan fingerprint density at radius 1 is 1.07 bits per heavy atom. The van der Waals surface area contributed by atoms with Crippen LogP contribution in [-0.2, 0) is 22.6 Å². The van der Waals surface area contributed by atoms with Crippen LogP contribution in [0, 0.1) is 13.8 Å². The number of rotatable bonds is 9. The van der Waals surface area contributed by atoms with Gasteiger partial charge in [-0.3, -0.25) is 9.59 Å². The minimum Gasteiger partial charge on any atom is -0.356 e. The monoisotopic (exact) mass is 406 g/mol. The van der Waals surface area contributed by atoms with Gasteiger partial charge in [0.15, 0.2) is 0 Å². The topological polar surface area (TPSA) is 76.0 Å². The van der Waals surface area contributed by atoms with E-state index >= 15 is 0 Å². The van der Waals surface area contributed by atoms with E-state index in [1.54, 1.807) is 0 Å². The molecule has 0 saturated carbocycles. The standard InChI is InChI=1S/C24H30N4O2/c1-4-8-23(29)25-14-7-11-22-26-19-9-5-6-10-21(19)28(22)16-24(30)27-20-15-17(2)12-13-18(20)3/h5-6,9-10,12-13,15H,4,7-8,11,14,16H2,1-3H3,(H,25,29)(H,27,30). The van der Waals surface area contributed by atoms with Gasteiger partial charge in [-0.2, -0.15) is 0 Å². The summed E-state index contributed by atoms with van der Waals surface area (Å²) in [5.74, 6) is 0.861. The molecule has 6 nitrogen and oxygen atoms in total. The molecule has 0 unspecified atom stereocenters. The maximum atomic E-state index is 12.8. The van der Waals surface area contributed by atoms with Crippen LogP contribution < -0.4 is 10.6 Å². The average molecular weight is 407 g/mol. The number of nitrogens with one attached hydrogen (secondary N) is 2. The number of hydrogen-bond donors (Lipinski definition) is 2. The molecule has 0 bridgehead atoms. The minimum absolute atomic E-state index is 0.0793. The lowest BCUT2D eigenvalue weighted by molar-refractivity contribution is -0.121. The van der Waals surface area contributed by atoms with Crippen LogP contribution in [0.3, 0.4) is 0 Å². The summed E-state index contributed by atoms with van der Waals surface area (Å²) in [7, 11) is 0. The SMILES string of the molecule is CCCC(=O)NCCCc1nc2ccccc2n1CC(=O)Nc1cc(C)ccc1C. The zero-order valence-electron chi connectivity index (χ0n) is 18.0. The Labute approximate surface area is 177 Å². The number of para-hydroxylation sites is 2. The lowest BCUT2D eigenvalue weighted by Gasteiger charge is -2.12. The predicted molar refractivity (Wildman–Crippen MR) is 121 cm³/mol. The van der Waals surface area contributed by atoms with Gasteiger partial charge in [0.1, 0.15) is 12.4 Å². The first-order chi connectivity index (χ1) is 14.5. The van der Waals surface area contributed by atoms with E-state index in [4.69, 9.17) is 4.98 Å². The van der Waals surface area contributed by atoms with Crippen molar-refractivity contribution in [3.05, 3.63) is 59.4 Å². The third kappa shape index (κ3) is 5.47. The Hall–Kier alpha value is -3.15. The molecule has 0 spiro atoms. The molecule has 0 aliphatic carbocycles. The fraction of sp³-hybridized carbons (Fsp3) is 0.375. The molecule has 1 heterocycles. The number of anilines is 1. The first-order valence-electron chi connectivity index (χ1n) is 10.6. The largest absolute Gasteiger partial charge is 0.356 e. The van der Waals surface area contributed by atoms with Crippen molar-refractivity contribution in [3.63, 3.8) is 0 Å². The highest BCUT2D eigenvalue weighted by atomic mass is 16.2. The van der Waals surface area contributed by atoms with Crippen LogP contribution >= 0.6 is 0 Å². The van der Waals surface area contributed by atoms with E-state index in [-0.39, 0.29) is 18.4 Å². The molecular formula is C24H30N4O2. The summed E-state index contributed by atoms with van der Waals surface area (Å²) in [6.07, 6.45) is 2.86. The van der Waals surface area contributed by atoms with Crippen molar-refractivity contribution in [2.45, 2.75) is 53.0 Å². The van der Waals surface area contributed by atoms with Gasteiger partial charge in [0.2, 0.25) is 11.8 Å². The fourth-order valence-corrected chi connectivity index (χ4v) is 3.49. The van der Waals surface area contributed by atoms with Crippen molar-refractivity contribution < 1.29 is 9.59 Å². The molecule has 2 amide bonds. The predicted octanol–water partition coefficient (Wildman–Crippen LogP) is 4.14. The molecule has 2 aromatic carbocycles. The molecule has 0 saturated heterocycles. The summed E-state index contributed by atoms with van der Waals surface area (Å²) in [6, 6.07) is 13.9. The van der Waals surface area contributed by atoms with E-state index in [2.05, 4.69) is 10.6 Å². The Morgan fingerprint density at radius 2 is 1.87 bits per heavy atom. The number of aryl methyl sites for hydroxylation is 3. The summed E-state index contributed by atoms with van der Waals surface area (Å²) in [5.41, 5.74) is 4.80. The van der Waals surface area contributed by atoms with Crippen molar-refractivity contribution in [3.8, 4) is 0 Å². The van der Waals surface area contributed by atoms with Crippen molar-refractivity contribution in [1.29, 1.82) is 0 Å². The molecule has 3 aromatic rings. The third-order valence-corrected chi connectivity index (χ3v) is 5.08. The van der Waals surface area contributed by atoms with Crippen LogP contribution in [0.1, 0.15) is 43.1 Å². The Balaban J connectivity index is 1.72. The molecule has 1 aromatic heterocycles. The van der Waals surface area contributed by atoms with Crippen LogP contribution in [0.15, 0.2) is 42.5 Å². The molecule has 2 N–H and O–H groups in total. The van der Waals surface area contributed by atoms with Crippen LogP contribution in [0.25, 0.3) is 11.0 Å². The van der Waals surface area contributed by atoms with Crippen LogP contribution in [0.4, 0.5) is 5.69 Å². The number of imidazole rings is 1. The number of benzene rings is 2. The average Bonchev–Trinajstić information content (AvgIpc) is 3.06. The molecule has 6 heteroatoms. The van der Waals surface area contributed by atoms with Crippen molar-refractivity contribution in [2.75, 3.05) is 11.9 Å². The molecule has 0 aliphatic heterocycles. The Bertz CT molecular complexity index is 1040. The number of carbonyl (C=O) groups excluding carboxylic acids is 2. The molecule has 0 atom stereocenters. The zero-order valence-corrected chi connectivity index (χ0v) is 18.0. The maximum Gasteiger partial charge on any atom is 0.244 e. The molecule has 158 valence electrons. The normalized spacial score (nSPS) is 10.9. The molecule has 30 heavy (non-hydrogen) atoms. The molecule has 3 rings (SSSR count). The van der Waals surface area contributed by atoms with Gasteiger partial charge in [0, 0.05) is 25.1 Å². The highest BCUT2D eigenvalue weighted by molar-refractivity contribution is 5.92. The van der Waals surface area contributed by atoms with Crippen molar-refractivity contribution >= 4 is 28.5 Å². The first kappa shape index (κ1) is 21.6. The quantitative estimate of drug-likeness (QED) is 0.524. The minimum atomic E-state index is -0.0793. The number of nitrogens with zero attached hydrogens (tertiary/aromatic N) is 2. The van der Waals surface area contributed by atoms with E-state index in [9.17, 15) is 9.59 Å².